The van der Waals surface area contributed by atoms with Gasteiger partial charge in [-0.3, -0.25) is 4.79 Å². The highest BCUT2D eigenvalue weighted by Gasteiger charge is 1.98. The Hall–Kier alpha value is -1.53. The van der Waals surface area contributed by atoms with Crippen molar-refractivity contribution < 1.29 is 71.1 Å². The number of carbonyl (C=O) groups is 1. The van der Waals surface area contributed by atoms with Crippen LogP contribution in [-0.4, -0.2) is 191 Å². The number of hydrogen-bond acceptors (Lipinski definition) is 15. The summed E-state index contributed by atoms with van der Waals surface area (Å²) in [4.78, 5) is 10.6. The molecule has 0 unspecified atom stereocenters. The van der Waals surface area contributed by atoms with Crippen LogP contribution in [0.5, 0.6) is 0 Å². The zero-order valence-electron chi connectivity index (χ0n) is 28.8. The quantitative estimate of drug-likeness (QED) is 0.0651. The van der Waals surface area contributed by atoms with Gasteiger partial charge in [0, 0.05) is 6.42 Å². The lowest BCUT2D eigenvalue weighted by molar-refractivity contribution is -0.119. The highest BCUT2D eigenvalue weighted by atomic mass is 16.6. The summed E-state index contributed by atoms with van der Waals surface area (Å²) in [6.45, 7) is 13.3. The number of rotatable bonds is 43. The van der Waals surface area contributed by atoms with E-state index in [4.69, 9.17) is 78.5 Å². The van der Waals surface area contributed by atoms with Crippen LogP contribution in [0.25, 0.3) is 0 Å². The van der Waals surface area contributed by atoms with Gasteiger partial charge in [-0.2, -0.15) is 0 Å². The fourth-order valence-electron chi connectivity index (χ4n) is 3.16. The van der Waals surface area contributed by atoms with Gasteiger partial charge in [-0.25, -0.2) is 0 Å². The van der Waals surface area contributed by atoms with Gasteiger partial charge in [-0.1, -0.05) is 5.92 Å². The fraction of sp³-hybridized carbons (Fsp3) is 0.906. The summed E-state index contributed by atoms with van der Waals surface area (Å²) in [5, 5.41) is 0. The summed E-state index contributed by atoms with van der Waals surface area (Å²) in [5.41, 5.74) is 5.02. The van der Waals surface area contributed by atoms with Crippen molar-refractivity contribution in [2.75, 3.05) is 185 Å². The van der Waals surface area contributed by atoms with Crippen molar-refractivity contribution in [1.82, 2.24) is 0 Å². The second-order valence-electron chi connectivity index (χ2n) is 9.43. The van der Waals surface area contributed by atoms with E-state index in [-0.39, 0.29) is 12.3 Å². The van der Waals surface area contributed by atoms with Gasteiger partial charge in [-0.05, 0) is 0 Å². The van der Waals surface area contributed by atoms with E-state index < -0.39 is 0 Å². The number of hydrogen-bond donors (Lipinski definition) is 1. The lowest BCUT2D eigenvalue weighted by atomic mass is 10.4. The number of amides is 1. The molecule has 0 aliphatic heterocycles. The molecule has 0 aromatic carbocycles. The van der Waals surface area contributed by atoms with Crippen molar-refractivity contribution in [1.29, 1.82) is 0 Å². The third-order valence-electron chi connectivity index (χ3n) is 5.51. The molecule has 0 rings (SSSR count). The van der Waals surface area contributed by atoms with Gasteiger partial charge < -0.3 is 72.0 Å². The van der Waals surface area contributed by atoms with E-state index >= 15 is 0 Å². The average molecular weight is 700 g/mol. The first kappa shape index (κ1) is 46.5. The lowest BCUT2D eigenvalue weighted by Crippen LogP contribution is -2.16. The smallest absolute Gasteiger partial charge is 0.219 e. The average Bonchev–Trinajstić information content (AvgIpc) is 3.08. The summed E-state index contributed by atoms with van der Waals surface area (Å²) < 4.78 is 75.5. The highest BCUT2D eigenvalue weighted by Crippen LogP contribution is 1.88. The molecular weight excluding hydrogens is 638 g/mol. The van der Waals surface area contributed by atoms with Crippen molar-refractivity contribution >= 4 is 5.91 Å². The number of primary amides is 1. The Balaban J connectivity index is 3.05. The molecule has 16 nitrogen and oxygen atoms in total. The van der Waals surface area contributed by atoms with E-state index in [2.05, 4.69) is 5.92 Å². The largest absolute Gasteiger partial charge is 0.379 e. The molecule has 0 heterocycles. The first-order valence-electron chi connectivity index (χ1n) is 16.6. The van der Waals surface area contributed by atoms with E-state index in [1.807, 2.05) is 0 Å². The van der Waals surface area contributed by atoms with Gasteiger partial charge in [0.25, 0.3) is 0 Å². The molecule has 0 saturated carbocycles. The predicted octanol–water partition coefficient (Wildman–Crippen LogP) is -0.273. The van der Waals surface area contributed by atoms with Crippen LogP contribution in [0.1, 0.15) is 6.42 Å². The second-order valence-corrected chi connectivity index (χ2v) is 9.43. The third-order valence-corrected chi connectivity index (χ3v) is 5.51. The highest BCUT2D eigenvalue weighted by molar-refractivity contribution is 5.73. The van der Waals surface area contributed by atoms with Gasteiger partial charge in [0.15, 0.2) is 0 Å². The molecule has 48 heavy (non-hydrogen) atoms. The Morgan fingerprint density at radius 1 is 0.333 bits per heavy atom. The van der Waals surface area contributed by atoms with Crippen LogP contribution >= 0.6 is 0 Å². The SMILES string of the molecule is C#CCOCCOCCOCCOCCOCCOCCOCCOCCOCCOCCOCCOCCOCCOCCC(N)=O. The van der Waals surface area contributed by atoms with Crippen molar-refractivity contribution in [3.63, 3.8) is 0 Å². The zero-order valence-corrected chi connectivity index (χ0v) is 28.8. The molecule has 284 valence electrons. The number of ether oxygens (including phenoxy) is 14. The Bertz CT molecular complexity index is 672. The Morgan fingerprint density at radius 3 is 0.667 bits per heavy atom. The van der Waals surface area contributed by atoms with Crippen LogP contribution in [0.15, 0.2) is 0 Å². The normalized spacial score (nSPS) is 11.3. The fourth-order valence-corrected chi connectivity index (χ4v) is 3.16. The molecule has 0 spiro atoms. The maximum absolute atomic E-state index is 10.6. The molecule has 0 aliphatic carbocycles. The molecule has 2 N–H and O–H groups in total. The van der Waals surface area contributed by atoms with Crippen LogP contribution in [0.2, 0.25) is 0 Å². The van der Waals surface area contributed by atoms with Gasteiger partial charge in [0.1, 0.15) is 6.61 Å². The van der Waals surface area contributed by atoms with Gasteiger partial charge in [0.05, 0.1) is 178 Å². The first-order valence-corrected chi connectivity index (χ1v) is 16.6. The summed E-state index contributed by atoms with van der Waals surface area (Å²) in [6.07, 6.45) is 5.30. The van der Waals surface area contributed by atoms with Gasteiger partial charge in [-0.15, -0.1) is 6.42 Å². The van der Waals surface area contributed by atoms with Gasteiger partial charge >= 0.3 is 0 Å². The topological polar surface area (TPSA) is 172 Å². The van der Waals surface area contributed by atoms with E-state index in [9.17, 15) is 4.79 Å². The zero-order chi connectivity index (χ0) is 34.7. The van der Waals surface area contributed by atoms with Crippen molar-refractivity contribution in [3.05, 3.63) is 0 Å². The van der Waals surface area contributed by atoms with Crippen LogP contribution in [0, 0.1) is 12.3 Å². The monoisotopic (exact) mass is 699 g/mol. The second kappa shape index (κ2) is 43.5. The number of carbonyl (C=O) groups excluding carboxylic acids is 1. The molecule has 0 radical (unpaired) electrons. The van der Waals surface area contributed by atoms with Crippen LogP contribution < -0.4 is 5.73 Å². The maximum atomic E-state index is 10.6. The molecule has 0 fully saturated rings. The van der Waals surface area contributed by atoms with E-state index in [1.54, 1.807) is 0 Å². The minimum absolute atomic E-state index is 0.217. The van der Waals surface area contributed by atoms with Gasteiger partial charge in [0.2, 0.25) is 5.91 Å². The molecule has 1 amide bonds. The Morgan fingerprint density at radius 2 is 0.500 bits per heavy atom. The van der Waals surface area contributed by atoms with Crippen LogP contribution in [0.3, 0.4) is 0 Å². The number of terminal acetylenes is 1. The molecular formula is C32H61NO15. The molecule has 0 aliphatic rings. The van der Waals surface area contributed by atoms with Crippen LogP contribution in [0.4, 0.5) is 0 Å². The van der Waals surface area contributed by atoms with E-state index in [0.717, 1.165) is 0 Å². The third kappa shape index (κ3) is 44.5. The number of nitrogens with two attached hydrogens (primary N) is 1. The van der Waals surface area contributed by atoms with Crippen LogP contribution in [-0.2, 0) is 71.1 Å². The van der Waals surface area contributed by atoms with E-state index in [0.29, 0.717) is 185 Å². The summed E-state index contributed by atoms with van der Waals surface area (Å²) >= 11 is 0. The molecule has 0 atom stereocenters. The molecule has 0 bridgehead atoms. The standard InChI is InChI=1S/C32H61NO15/c1-2-4-35-6-8-37-10-12-39-14-16-41-18-20-43-22-24-45-26-28-47-30-31-48-29-27-46-25-23-44-21-19-42-17-15-40-13-11-38-9-7-36-5-3-32(33)34/h1H,3-31H2,(H2,33,34). The summed E-state index contributed by atoms with van der Waals surface area (Å²) in [5.74, 6) is 2.02. The van der Waals surface area contributed by atoms with Crippen molar-refractivity contribution in [3.8, 4) is 12.3 Å². The summed E-state index contributed by atoms with van der Waals surface area (Å²) in [7, 11) is 0. The van der Waals surface area contributed by atoms with Crippen molar-refractivity contribution in [2.45, 2.75) is 6.42 Å². The minimum atomic E-state index is -0.376. The van der Waals surface area contributed by atoms with Crippen molar-refractivity contribution in [2.24, 2.45) is 5.73 Å². The van der Waals surface area contributed by atoms with E-state index in [1.165, 1.54) is 0 Å². The Labute approximate surface area is 286 Å². The minimum Gasteiger partial charge on any atom is -0.379 e. The molecule has 0 saturated heterocycles. The predicted molar refractivity (Wildman–Crippen MR) is 174 cm³/mol. The first-order chi connectivity index (χ1) is 23.8. The summed E-state index contributed by atoms with van der Waals surface area (Å²) in [6, 6.07) is 0. The maximum Gasteiger partial charge on any atom is 0.219 e. The molecule has 16 heteroatoms. The lowest BCUT2D eigenvalue weighted by Gasteiger charge is -2.09. The molecule has 0 aromatic heterocycles. The Kier molecular flexibility index (Phi) is 42.1. The molecule has 0 aromatic rings.